The lowest BCUT2D eigenvalue weighted by molar-refractivity contribution is -0.114. The number of nitrogens with one attached hydrogen (secondary N) is 2. The molecule has 0 aliphatic carbocycles. The van der Waals surface area contributed by atoms with Gasteiger partial charge in [0.25, 0.3) is 20.0 Å². The summed E-state index contributed by atoms with van der Waals surface area (Å²) >= 11 is 6.26. The molecule has 4 aromatic carbocycles. The van der Waals surface area contributed by atoms with E-state index in [4.69, 9.17) is 11.6 Å². The van der Waals surface area contributed by atoms with E-state index in [-0.39, 0.29) is 15.5 Å². The topological polar surface area (TPSA) is 113 Å². The molecule has 0 spiro atoms. The molecule has 208 valence electrons. The summed E-state index contributed by atoms with van der Waals surface area (Å²) in [6.45, 7) is 4.97. The minimum absolute atomic E-state index is 0.00608. The minimum atomic E-state index is -4.12. The van der Waals surface area contributed by atoms with E-state index in [2.05, 4.69) is 10.0 Å². The van der Waals surface area contributed by atoms with Gasteiger partial charge in [0.15, 0.2) is 0 Å². The molecule has 0 unspecified atom stereocenters. The molecule has 4 rings (SSSR count). The van der Waals surface area contributed by atoms with Crippen LogP contribution in [0.15, 0.2) is 101 Å². The van der Waals surface area contributed by atoms with Crippen LogP contribution in [-0.2, 0) is 24.8 Å². The summed E-state index contributed by atoms with van der Waals surface area (Å²) in [7, 11) is -7.98. The summed E-state index contributed by atoms with van der Waals surface area (Å²) < 4.78 is 56.4. The highest BCUT2D eigenvalue weighted by Gasteiger charge is 2.28. The number of hydrogen-bond acceptors (Lipinski definition) is 5. The molecular weight excluding hydrogens is 570 g/mol. The van der Waals surface area contributed by atoms with Crippen molar-refractivity contribution in [3.8, 4) is 0 Å². The standard InChI is InChI=1S/C29H28ClN3O5S2/c1-20-12-13-24(18-21(20)2)32-39(35,36)25-16-14-23(15-17-25)31-29(34)19-33(28-11-7-10-27(30)22(28)3)40(37,38)26-8-5-4-6-9-26/h4-18,32H,19H2,1-3H3,(H,31,34). The van der Waals surface area contributed by atoms with E-state index in [0.29, 0.717) is 22.0 Å². The lowest BCUT2D eigenvalue weighted by atomic mass is 10.1. The number of amides is 1. The zero-order valence-electron chi connectivity index (χ0n) is 22.1. The van der Waals surface area contributed by atoms with E-state index >= 15 is 0 Å². The molecule has 0 fully saturated rings. The predicted molar refractivity (Wildman–Crippen MR) is 159 cm³/mol. The van der Waals surface area contributed by atoms with Crippen LogP contribution in [0.4, 0.5) is 17.1 Å². The van der Waals surface area contributed by atoms with Crippen molar-refractivity contribution < 1.29 is 21.6 Å². The Kier molecular flexibility index (Phi) is 8.53. The Morgan fingerprint density at radius 2 is 1.40 bits per heavy atom. The maximum Gasteiger partial charge on any atom is 0.264 e. The van der Waals surface area contributed by atoms with Crippen LogP contribution in [0.1, 0.15) is 16.7 Å². The quantitative estimate of drug-likeness (QED) is 0.249. The second-order valence-corrected chi connectivity index (χ2v) is 13.1. The highest BCUT2D eigenvalue weighted by molar-refractivity contribution is 7.93. The van der Waals surface area contributed by atoms with Gasteiger partial charge >= 0.3 is 0 Å². The number of anilines is 3. The Balaban J connectivity index is 1.55. The Bertz CT molecular complexity index is 1760. The fourth-order valence-corrected chi connectivity index (χ4v) is 6.67. The highest BCUT2D eigenvalue weighted by atomic mass is 35.5. The van der Waals surface area contributed by atoms with Gasteiger partial charge in [0.2, 0.25) is 5.91 Å². The van der Waals surface area contributed by atoms with Crippen molar-refractivity contribution in [2.24, 2.45) is 0 Å². The van der Waals surface area contributed by atoms with Gasteiger partial charge in [0.1, 0.15) is 6.54 Å². The number of halogens is 1. The first-order valence-corrected chi connectivity index (χ1v) is 15.5. The molecule has 0 aromatic heterocycles. The van der Waals surface area contributed by atoms with Crippen molar-refractivity contribution in [1.29, 1.82) is 0 Å². The average molecular weight is 598 g/mol. The summed E-state index contributed by atoms with van der Waals surface area (Å²) in [6, 6.07) is 23.5. The maximum absolute atomic E-state index is 13.6. The van der Waals surface area contributed by atoms with E-state index in [1.54, 1.807) is 55.5 Å². The van der Waals surface area contributed by atoms with Gasteiger partial charge in [-0.25, -0.2) is 16.8 Å². The van der Waals surface area contributed by atoms with E-state index in [1.165, 1.54) is 36.4 Å². The van der Waals surface area contributed by atoms with Crippen molar-refractivity contribution in [2.45, 2.75) is 30.6 Å². The third kappa shape index (κ3) is 6.47. The predicted octanol–water partition coefficient (Wildman–Crippen LogP) is 5.90. The molecule has 4 aromatic rings. The minimum Gasteiger partial charge on any atom is -0.325 e. The molecule has 0 saturated carbocycles. The summed E-state index contributed by atoms with van der Waals surface area (Å²) in [5, 5.41) is 3.01. The zero-order valence-corrected chi connectivity index (χ0v) is 24.4. The van der Waals surface area contributed by atoms with Gasteiger partial charge in [0, 0.05) is 16.4 Å². The van der Waals surface area contributed by atoms with Crippen molar-refractivity contribution in [3.05, 3.63) is 113 Å². The molecule has 0 aliphatic heterocycles. The average Bonchev–Trinajstić information content (AvgIpc) is 2.92. The lowest BCUT2D eigenvalue weighted by Crippen LogP contribution is -2.38. The van der Waals surface area contributed by atoms with Crippen LogP contribution in [0.3, 0.4) is 0 Å². The van der Waals surface area contributed by atoms with Crippen LogP contribution in [0.25, 0.3) is 0 Å². The Morgan fingerprint density at radius 3 is 2.05 bits per heavy atom. The molecule has 0 aliphatic rings. The number of sulfonamides is 2. The van der Waals surface area contributed by atoms with Gasteiger partial charge in [-0.15, -0.1) is 0 Å². The number of carbonyl (C=O) groups excluding carboxylic acids is 1. The number of carbonyl (C=O) groups is 1. The summed E-state index contributed by atoms with van der Waals surface area (Å²) in [4.78, 5) is 13.1. The summed E-state index contributed by atoms with van der Waals surface area (Å²) in [5.74, 6) is -0.622. The van der Waals surface area contributed by atoms with Gasteiger partial charge in [-0.05, 0) is 98.1 Å². The van der Waals surface area contributed by atoms with Crippen LogP contribution in [0, 0.1) is 20.8 Å². The van der Waals surface area contributed by atoms with Crippen LogP contribution in [0.2, 0.25) is 5.02 Å². The van der Waals surface area contributed by atoms with Crippen molar-refractivity contribution in [3.63, 3.8) is 0 Å². The molecule has 11 heteroatoms. The van der Waals surface area contributed by atoms with Gasteiger partial charge in [0.05, 0.1) is 15.5 Å². The third-order valence-corrected chi connectivity index (χ3v) is 9.91. The van der Waals surface area contributed by atoms with Gasteiger partial charge in [-0.1, -0.05) is 41.9 Å². The van der Waals surface area contributed by atoms with Crippen molar-refractivity contribution in [1.82, 2.24) is 0 Å². The maximum atomic E-state index is 13.6. The Hall–Kier alpha value is -3.86. The van der Waals surface area contributed by atoms with Crippen LogP contribution in [0.5, 0.6) is 0 Å². The molecule has 0 heterocycles. The van der Waals surface area contributed by atoms with E-state index < -0.39 is 32.5 Å². The third-order valence-electron chi connectivity index (χ3n) is 6.33. The van der Waals surface area contributed by atoms with E-state index in [9.17, 15) is 21.6 Å². The van der Waals surface area contributed by atoms with E-state index in [1.807, 2.05) is 19.9 Å². The van der Waals surface area contributed by atoms with Gasteiger partial charge in [-0.2, -0.15) is 0 Å². The summed E-state index contributed by atoms with van der Waals surface area (Å²) in [5.41, 5.74) is 3.51. The summed E-state index contributed by atoms with van der Waals surface area (Å²) in [6.07, 6.45) is 0. The normalized spacial score (nSPS) is 11.6. The number of benzene rings is 4. The number of nitrogens with zero attached hydrogens (tertiary/aromatic N) is 1. The Labute approximate surface area is 239 Å². The fourth-order valence-electron chi connectivity index (χ4n) is 3.95. The highest BCUT2D eigenvalue weighted by Crippen LogP contribution is 2.31. The molecule has 0 bridgehead atoms. The van der Waals surface area contributed by atoms with Crippen LogP contribution < -0.4 is 14.3 Å². The SMILES string of the molecule is Cc1ccc(NS(=O)(=O)c2ccc(NC(=O)CN(c3cccc(Cl)c3C)S(=O)(=O)c3ccccc3)cc2)cc1C. The monoisotopic (exact) mass is 597 g/mol. The molecule has 2 N–H and O–H groups in total. The van der Waals surface area contributed by atoms with Crippen molar-refractivity contribution >= 4 is 54.6 Å². The first kappa shape index (κ1) is 29.1. The molecule has 1 amide bonds. The number of hydrogen-bond donors (Lipinski definition) is 2. The lowest BCUT2D eigenvalue weighted by Gasteiger charge is -2.26. The second-order valence-electron chi connectivity index (χ2n) is 9.19. The van der Waals surface area contributed by atoms with Gasteiger partial charge < -0.3 is 5.32 Å². The molecule has 8 nitrogen and oxygen atoms in total. The zero-order chi connectivity index (χ0) is 29.1. The van der Waals surface area contributed by atoms with E-state index in [0.717, 1.165) is 15.4 Å². The molecule has 0 saturated heterocycles. The first-order valence-electron chi connectivity index (χ1n) is 12.2. The smallest absolute Gasteiger partial charge is 0.264 e. The number of rotatable bonds is 9. The molecular formula is C29H28ClN3O5S2. The first-order chi connectivity index (χ1) is 18.9. The molecule has 40 heavy (non-hydrogen) atoms. The van der Waals surface area contributed by atoms with Crippen molar-refractivity contribution in [2.75, 3.05) is 20.9 Å². The van der Waals surface area contributed by atoms with Crippen LogP contribution in [-0.4, -0.2) is 29.3 Å². The number of aryl methyl sites for hydroxylation is 2. The fraction of sp³-hybridized carbons (Fsp3) is 0.138. The van der Waals surface area contributed by atoms with Crippen LogP contribution >= 0.6 is 11.6 Å². The molecule has 0 atom stereocenters. The largest absolute Gasteiger partial charge is 0.325 e. The second kappa shape index (κ2) is 11.7. The Morgan fingerprint density at radius 1 is 0.750 bits per heavy atom. The van der Waals surface area contributed by atoms with Gasteiger partial charge in [-0.3, -0.25) is 13.8 Å². The molecule has 0 radical (unpaired) electrons.